The second-order valence-corrected chi connectivity index (χ2v) is 7.73. The van der Waals surface area contributed by atoms with Gasteiger partial charge in [-0.25, -0.2) is 4.68 Å². The van der Waals surface area contributed by atoms with Crippen LogP contribution in [-0.4, -0.2) is 35.9 Å². The van der Waals surface area contributed by atoms with Crippen molar-refractivity contribution in [3.63, 3.8) is 0 Å². The van der Waals surface area contributed by atoms with Gasteiger partial charge < -0.3 is 19.2 Å². The first-order chi connectivity index (χ1) is 16.1. The van der Waals surface area contributed by atoms with Gasteiger partial charge in [0, 0.05) is 30.3 Å². The SMILES string of the molecule is COc1ccc(-c2nn(-c3ccccc3)cc2C(=O)NC(C)CCc2ccco2)c(OC)c1. The van der Waals surface area contributed by atoms with Crippen LogP contribution in [0.4, 0.5) is 0 Å². The van der Waals surface area contributed by atoms with Gasteiger partial charge in [0.25, 0.3) is 5.91 Å². The number of nitrogens with zero attached hydrogens (tertiary/aromatic N) is 2. The summed E-state index contributed by atoms with van der Waals surface area (Å²) in [4.78, 5) is 13.3. The van der Waals surface area contributed by atoms with Crippen LogP contribution in [-0.2, 0) is 6.42 Å². The molecule has 0 saturated carbocycles. The smallest absolute Gasteiger partial charge is 0.255 e. The van der Waals surface area contributed by atoms with E-state index in [1.165, 1.54) is 0 Å². The lowest BCUT2D eigenvalue weighted by Gasteiger charge is -2.14. The summed E-state index contributed by atoms with van der Waals surface area (Å²) in [5.41, 5.74) is 2.57. The number of furan rings is 1. The number of hydrogen-bond acceptors (Lipinski definition) is 5. The first-order valence-corrected chi connectivity index (χ1v) is 10.8. The van der Waals surface area contributed by atoms with Crippen molar-refractivity contribution in [1.29, 1.82) is 0 Å². The Morgan fingerprint density at radius 2 is 1.91 bits per heavy atom. The third-order valence-electron chi connectivity index (χ3n) is 5.42. The summed E-state index contributed by atoms with van der Waals surface area (Å²) in [6, 6.07) is 18.9. The quantitative estimate of drug-likeness (QED) is 0.396. The number of rotatable bonds is 9. The van der Waals surface area contributed by atoms with Gasteiger partial charge in [0.1, 0.15) is 23.0 Å². The van der Waals surface area contributed by atoms with Gasteiger partial charge in [0.2, 0.25) is 0 Å². The number of aromatic nitrogens is 2. The summed E-state index contributed by atoms with van der Waals surface area (Å²) in [6.45, 7) is 1.98. The fourth-order valence-corrected chi connectivity index (χ4v) is 3.63. The van der Waals surface area contributed by atoms with Crippen molar-refractivity contribution in [2.24, 2.45) is 0 Å². The molecule has 2 aromatic heterocycles. The monoisotopic (exact) mass is 445 g/mol. The Balaban J connectivity index is 1.66. The maximum Gasteiger partial charge on any atom is 0.255 e. The zero-order chi connectivity index (χ0) is 23.2. The molecule has 33 heavy (non-hydrogen) atoms. The van der Waals surface area contributed by atoms with Crippen LogP contribution in [0.15, 0.2) is 77.5 Å². The molecule has 0 aliphatic carbocycles. The van der Waals surface area contributed by atoms with Crippen molar-refractivity contribution in [1.82, 2.24) is 15.1 Å². The van der Waals surface area contributed by atoms with Gasteiger partial charge in [-0.15, -0.1) is 0 Å². The molecule has 0 saturated heterocycles. The average molecular weight is 446 g/mol. The van der Waals surface area contributed by atoms with Crippen molar-refractivity contribution in [2.45, 2.75) is 25.8 Å². The summed E-state index contributed by atoms with van der Waals surface area (Å²) in [6.07, 6.45) is 4.91. The lowest BCUT2D eigenvalue weighted by Crippen LogP contribution is -2.33. The molecule has 1 N–H and O–H groups in total. The number of aryl methyl sites for hydroxylation is 1. The lowest BCUT2D eigenvalue weighted by molar-refractivity contribution is 0.0938. The van der Waals surface area contributed by atoms with Crippen molar-refractivity contribution in [3.05, 3.63) is 84.4 Å². The number of carbonyl (C=O) groups is 1. The van der Waals surface area contributed by atoms with Gasteiger partial charge in [0.15, 0.2) is 0 Å². The molecule has 170 valence electrons. The van der Waals surface area contributed by atoms with E-state index < -0.39 is 0 Å². The van der Waals surface area contributed by atoms with E-state index in [4.69, 9.17) is 19.0 Å². The first-order valence-electron chi connectivity index (χ1n) is 10.8. The molecule has 2 heterocycles. The number of nitrogens with one attached hydrogen (secondary N) is 1. The fraction of sp³-hybridized carbons (Fsp3) is 0.231. The molecule has 7 nitrogen and oxygen atoms in total. The Hall–Kier alpha value is -4.00. The number of hydrogen-bond donors (Lipinski definition) is 1. The predicted octanol–water partition coefficient (Wildman–Crippen LogP) is 4.90. The standard InChI is InChI=1S/C26H27N3O4/c1-18(11-12-20-10-7-15-33-20)27-26(30)23-17-29(19-8-5-4-6-9-19)28-25(23)22-14-13-21(31-2)16-24(22)32-3/h4-10,13-18H,11-12H2,1-3H3,(H,27,30). The largest absolute Gasteiger partial charge is 0.497 e. The Labute approximate surface area is 192 Å². The molecule has 1 atom stereocenters. The third-order valence-corrected chi connectivity index (χ3v) is 5.42. The summed E-state index contributed by atoms with van der Waals surface area (Å²) in [5.74, 6) is 1.94. The molecule has 0 aliphatic heterocycles. The molecule has 2 aromatic carbocycles. The van der Waals surface area contributed by atoms with E-state index in [9.17, 15) is 4.79 Å². The highest BCUT2D eigenvalue weighted by Gasteiger charge is 2.22. The highest BCUT2D eigenvalue weighted by Crippen LogP contribution is 2.35. The molecule has 0 bridgehead atoms. The van der Waals surface area contributed by atoms with Crippen LogP contribution in [0, 0.1) is 0 Å². The highest BCUT2D eigenvalue weighted by molar-refractivity contribution is 6.00. The molecule has 4 rings (SSSR count). The second-order valence-electron chi connectivity index (χ2n) is 7.73. The number of benzene rings is 2. The van der Waals surface area contributed by atoms with Crippen LogP contribution in [0.2, 0.25) is 0 Å². The van der Waals surface area contributed by atoms with Gasteiger partial charge >= 0.3 is 0 Å². The molecular weight excluding hydrogens is 418 g/mol. The topological polar surface area (TPSA) is 78.5 Å². The van der Waals surface area contributed by atoms with Crippen LogP contribution in [0.1, 0.15) is 29.5 Å². The van der Waals surface area contributed by atoms with Crippen molar-refractivity contribution in [2.75, 3.05) is 14.2 Å². The number of carbonyl (C=O) groups excluding carboxylic acids is 1. The average Bonchev–Trinajstić information content (AvgIpc) is 3.53. The molecule has 7 heteroatoms. The maximum atomic E-state index is 13.3. The van der Waals surface area contributed by atoms with E-state index in [0.29, 0.717) is 28.3 Å². The van der Waals surface area contributed by atoms with E-state index in [1.807, 2.05) is 61.5 Å². The van der Waals surface area contributed by atoms with Gasteiger partial charge in [-0.3, -0.25) is 4.79 Å². The van der Waals surface area contributed by atoms with Crippen molar-refractivity contribution >= 4 is 5.91 Å². The Bertz CT molecular complexity index is 1200. The second kappa shape index (κ2) is 10.1. The van der Waals surface area contributed by atoms with Crippen LogP contribution in [0.5, 0.6) is 11.5 Å². The Kier molecular flexibility index (Phi) is 6.78. The number of amides is 1. The third kappa shape index (κ3) is 5.09. The van der Waals surface area contributed by atoms with E-state index in [0.717, 1.165) is 24.3 Å². The van der Waals surface area contributed by atoms with Crippen LogP contribution >= 0.6 is 0 Å². The molecule has 0 radical (unpaired) electrons. The minimum atomic E-state index is -0.197. The predicted molar refractivity (Wildman–Crippen MR) is 126 cm³/mol. The first kappa shape index (κ1) is 22.2. The zero-order valence-corrected chi connectivity index (χ0v) is 18.9. The minimum Gasteiger partial charge on any atom is -0.497 e. The number of ether oxygens (including phenoxy) is 2. The normalized spacial score (nSPS) is 11.7. The number of methoxy groups -OCH3 is 2. The zero-order valence-electron chi connectivity index (χ0n) is 18.9. The summed E-state index contributed by atoms with van der Waals surface area (Å²) < 4.78 is 18.0. The summed E-state index contributed by atoms with van der Waals surface area (Å²) >= 11 is 0. The minimum absolute atomic E-state index is 0.0479. The van der Waals surface area contributed by atoms with Gasteiger partial charge in [-0.1, -0.05) is 18.2 Å². The molecule has 1 amide bonds. The lowest BCUT2D eigenvalue weighted by atomic mass is 10.1. The van der Waals surface area contributed by atoms with E-state index in [-0.39, 0.29) is 11.9 Å². The van der Waals surface area contributed by atoms with Crippen LogP contribution in [0.25, 0.3) is 16.9 Å². The van der Waals surface area contributed by atoms with Crippen LogP contribution in [0.3, 0.4) is 0 Å². The molecule has 1 unspecified atom stereocenters. The van der Waals surface area contributed by atoms with Crippen LogP contribution < -0.4 is 14.8 Å². The van der Waals surface area contributed by atoms with E-state index >= 15 is 0 Å². The highest BCUT2D eigenvalue weighted by atomic mass is 16.5. The van der Waals surface area contributed by atoms with Gasteiger partial charge in [-0.05, 0) is 49.7 Å². The van der Waals surface area contributed by atoms with Gasteiger partial charge in [0.05, 0.1) is 31.7 Å². The maximum absolute atomic E-state index is 13.3. The van der Waals surface area contributed by atoms with Crippen molar-refractivity contribution in [3.8, 4) is 28.4 Å². The molecule has 0 spiro atoms. The van der Waals surface area contributed by atoms with E-state index in [1.54, 1.807) is 37.4 Å². The fourth-order valence-electron chi connectivity index (χ4n) is 3.63. The molecule has 4 aromatic rings. The summed E-state index contributed by atoms with van der Waals surface area (Å²) in [7, 11) is 3.18. The van der Waals surface area contributed by atoms with E-state index in [2.05, 4.69) is 5.32 Å². The molecule has 0 fully saturated rings. The van der Waals surface area contributed by atoms with Crippen molar-refractivity contribution < 1.29 is 18.7 Å². The Morgan fingerprint density at radius 1 is 1.09 bits per heavy atom. The number of para-hydroxylation sites is 1. The Morgan fingerprint density at radius 3 is 2.61 bits per heavy atom. The molecular formula is C26H27N3O4. The van der Waals surface area contributed by atoms with Gasteiger partial charge in [-0.2, -0.15) is 5.10 Å². The summed E-state index contributed by atoms with van der Waals surface area (Å²) in [5, 5.41) is 7.84. The molecule has 0 aliphatic rings.